The van der Waals surface area contributed by atoms with Crippen molar-refractivity contribution in [1.82, 2.24) is 15.3 Å². The zero-order valence-electron chi connectivity index (χ0n) is 12.6. The number of hydrogen-bond acceptors (Lipinski definition) is 2. The van der Waals surface area contributed by atoms with Crippen molar-refractivity contribution in [2.24, 2.45) is 5.92 Å². The van der Waals surface area contributed by atoms with Crippen molar-refractivity contribution in [2.45, 2.75) is 45.7 Å². The number of H-pyrrole nitrogens is 1. The Labute approximate surface area is 121 Å². The van der Waals surface area contributed by atoms with E-state index >= 15 is 0 Å². The molecule has 2 atom stereocenters. The number of nitrogens with zero attached hydrogens (tertiary/aromatic N) is 1. The molecule has 0 aliphatic rings. The molecule has 0 aliphatic heterocycles. The van der Waals surface area contributed by atoms with E-state index in [-0.39, 0.29) is 6.04 Å². The van der Waals surface area contributed by atoms with E-state index < -0.39 is 0 Å². The van der Waals surface area contributed by atoms with Gasteiger partial charge in [-0.05, 0) is 24.3 Å². The lowest BCUT2D eigenvalue weighted by Crippen LogP contribution is -2.28. The maximum Gasteiger partial charge on any atom is 0.123 e. The Bertz CT molecular complexity index is 476. The first-order valence-corrected chi connectivity index (χ1v) is 7.51. The first kappa shape index (κ1) is 14.8. The molecule has 0 fully saturated rings. The van der Waals surface area contributed by atoms with Crippen LogP contribution in [-0.2, 0) is 0 Å². The second kappa shape index (κ2) is 7.25. The SMILES string of the molecule is CCC(NC(CC(C)C)c1ccccc1)c1ncc[nH]1. The van der Waals surface area contributed by atoms with Gasteiger partial charge in [0.15, 0.2) is 0 Å². The molecule has 20 heavy (non-hydrogen) atoms. The third-order valence-corrected chi connectivity index (χ3v) is 3.57. The Morgan fingerprint density at radius 3 is 2.45 bits per heavy atom. The van der Waals surface area contributed by atoms with E-state index in [4.69, 9.17) is 0 Å². The number of imidazole rings is 1. The van der Waals surface area contributed by atoms with Crippen LogP contribution < -0.4 is 5.32 Å². The van der Waals surface area contributed by atoms with Gasteiger partial charge in [0.25, 0.3) is 0 Å². The highest BCUT2D eigenvalue weighted by Crippen LogP contribution is 2.25. The standard InChI is InChI=1S/C17H25N3/c1-4-15(17-18-10-11-19-17)20-16(12-13(2)3)14-8-6-5-7-9-14/h5-11,13,15-16,20H,4,12H2,1-3H3,(H,18,19). The van der Waals surface area contributed by atoms with Gasteiger partial charge in [0.2, 0.25) is 0 Å². The van der Waals surface area contributed by atoms with Gasteiger partial charge in [-0.25, -0.2) is 4.98 Å². The number of benzene rings is 1. The van der Waals surface area contributed by atoms with Crippen molar-refractivity contribution in [3.8, 4) is 0 Å². The number of aromatic nitrogens is 2. The molecule has 0 spiro atoms. The Kier molecular flexibility index (Phi) is 5.36. The minimum absolute atomic E-state index is 0.272. The van der Waals surface area contributed by atoms with Crippen LogP contribution in [0.4, 0.5) is 0 Å². The highest BCUT2D eigenvalue weighted by molar-refractivity contribution is 5.19. The van der Waals surface area contributed by atoms with Crippen molar-refractivity contribution >= 4 is 0 Å². The molecule has 2 N–H and O–H groups in total. The van der Waals surface area contributed by atoms with Crippen LogP contribution in [0.15, 0.2) is 42.7 Å². The van der Waals surface area contributed by atoms with Crippen LogP contribution in [0.3, 0.4) is 0 Å². The van der Waals surface area contributed by atoms with Gasteiger partial charge in [0.05, 0.1) is 6.04 Å². The first-order chi connectivity index (χ1) is 9.70. The molecule has 3 nitrogen and oxygen atoms in total. The van der Waals surface area contributed by atoms with Crippen LogP contribution in [-0.4, -0.2) is 9.97 Å². The minimum Gasteiger partial charge on any atom is -0.347 e. The molecule has 0 aliphatic carbocycles. The van der Waals surface area contributed by atoms with Crippen LogP contribution in [0, 0.1) is 5.92 Å². The summed E-state index contributed by atoms with van der Waals surface area (Å²) in [5, 5.41) is 3.76. The Balaban J connectivity index is 2.15. The Hall–Kier alpha value is -1.61. The minimum atomic E-state index is 0.272. The summed E-state index contributed by atoms with van der Waals surface area (Å²) in [6, 6.07) is 11.3. The average molecular weight is 271 g/mol. The number of hydrogen-bond donors (Lipinski definition) is 2. The van der Waals surface area contributed by atoms with Crippen LogP contribution >= 0.6 is 0 Å². The smallest absolute Gasteiger partial charge is 0.123 e. The predicted octanol–water partition coefficient (Wildman–Crippen LogP) is 4.24. The van der Waals surface area contributed by atoms with Gasteiger partial charge in [-0.2, -0.15) is 0 Å². The highest BCUT2D eigenvalue weighted by Gasteiger charge is 2.19. The summed E-state index contributed by atoms with van der Waals surface area (Å²) < 4.78 is 0. The maximum atomic E-state index is 4.40. The lowest BCUT2D eigenvalue weighted by Gasteiger charge is -2.26. The van der Waals surface area contributed by atoms with Gasteiger partial charge in [0.1, 0.15) is 5.82 Å². The average Bonchev–Trinajstić information content (AvgIpc) is 2.98. The van der Waals surface area contributed by atoms with E-state index in [0.717, 1.165) is 18.7 Å². The molecule has 0 saturated carbocycles. The third-order valence-electron chi connectivity index (χ3n) is 3.57. The number of nitrogens with one attached hydrogen (secondary N) is 2. The summed E-state index contributed by atoms with van der Waals surface area (Å²) in [4.78, 5) is 7.62. The molecule has 0 saturated heterocycles. The summed E-state index contributed by atoms with van der Waals surface area (Å²) in [5.74, 6) is 1.68. The van der Waals surface area contributed by atoms with Crippen molar-refractivity contribution in [1.29, 1.82) is 0 Å². The van der Waals surface area contributed by atoms with Gasteiger partial charge in [-0.1, -0.05) is 51.1 Å². The molecule has 0 radical (unpaired) electrons. The van der Waals surface area contributed by atoms with E-state index in [1.54, 1.807) is 0 Å². The summed E-state index contributed by atoms with van der Waals surface area (Å²) in [6.45, 7) is 6.73. The van der Waals surface area contributed by atoms with Crippen molar-refractivity contribution in [2.75, 3.05) is 0 Å². The molecule has 3 heteroatoms. The van der Waals surface area contributed by atoms with Gasteiger partial charge in [-0.3, -0.25) is 0 Å². The molecule has 108 valence electrons. The van der Waals surface area contributed by atoms with Crippen molar-refractivity contribution < 1.29 is 0 Å². The van der Waals surface area contributed by atoms with Crippen LogP contribution in [0.2, 0.25) is 0 Å². The van der Waals surface area contributed by atoms with E-state index in [1.165, 1.54) is 5.56 Å². The predicted molar refractivity (Wildman–Crippen MR) is 83.4 cm³/mol. The molecule has 1 heterocycles. The van der Waals surface area contributed by atoms with E-state index in [0.29, 0.717) is 12.0 Å². The zero-order valence-corrected chi connectivity index (χ0v) is 12.6. The van der Waals surface area contributed by atoms with Gasteiger partial charge >= 0.3 is 0 Å². The normalized spacial score (nSPS) is 14.4. The molecular weight excluding hydrogens is 246 g/mol. The van der Waals surface area contributed by atoms with Gasteiger partial charge in [-0.15, -0.1) is 0 Å². The molecular formula is C17H25N3. The fraction of sp³-hybridized carbons (Fsp3) is 0.471. The van der Waals surface area contributed by atoms with E-state index in [9.17, 15) is 0 Å². The molecule has 1 aromatic heterocycles. The zero-order chi connectivity index (χ0) is 14.4. The molecule has 1 aromatic carbocycles. The first-order valence-electron chi connectivity index (χ1n) is 7.51. The summed E-state index contributed by atoms with van der Waals surface area (Å²) >= 11 is 0. The maximum absolute atomic E-state index is 4.40. The Morgan fingerprint density at radius 2 is 1.90 bits per heavy atom. The van der Waals surface area contributed by atoms with Crippen LogP contribution in [0.1, 0.15) is 57.1 Å². The second-order valence-corrected chi connectivity index (χ2v) is 5.69. The third kappa shape index (κ3) is 3.94. The fourth-order valence-corrected chi connectivity index (χ4v) is 2.56. The van der Waals surface area contributed by atoms with E-state index in [1.807, 2.05) is 12.4 Å². The lowest BCUT2D eigenvalue weighted by atomic mass is 9.96. The van der Waals surface area contributed by atoms with Crippen LogP contribution in [0.5, 0.6) is 0 Å². The molecule has 0 amide bonds. The molecule has 2 unspecified atom stereocenters. The summed E-state index contributed by atoms with van der Waals surface area (Å²) in [6.07, 6.45) is 5.86. The summed E-state index contributed by atoms with van der Waals surface area (Å²) in [5.41, 5.74) is 1.35. The fourth-order valence-electron chi connectivity index (χ4n) is 2.56. The molecule has 2 rings (SSSR count). The quantitative estimate of drug-likeness (QED) is 0.791. The lowest BCUT2D eigenvalue weighted by molar-refractivity contribution is 0.368. The van der Waals surface area contributed by atoms with Crippen LogP contribution in [0.25, 0.3) is 0 Å². The Morgan fingerprint density at radius 1 is 1.15 bits per heavy atom. The largest absolute Gasteiger partial charge is 0.347 e. The molecule has 0 bridgehead atoms. The second-order valence-electron chi connectivity index (χ2n) is 5.69. The van der Waals surface area contributed by atoms with Gasteiger partial charge in [0, 0.05) is 18.4 Å². The van der Waals surface area contributed by atoms with E-state index in [2.05, 4.69) is 66.4 Å². The topological polar surface area (TPSA) is 40.7 Å². The van der Waals surface area contributed by atoms with Crippen molar-refractivity contribution in [3.05, 3.63) is 54.1 Å². The number of aromatic amines is 1. The number of rotatable bonds is 7. The molecule has 2 aromatic rings. The summed E-state index contributed by atoms with van der Waals surface area (Å²) in [7, 11) is 0. The highest BCUT2D eigenvalue weighted by atomic mass is 15.0. The van der Waals surface area contributed by atoms with Gasteiger partial charge < -0.3 is 10.3 Å². The van der Waals surface area contributed by atoms with Crippen molar-refractivity contribution in [3.63, 3.8) is 0 Å². The monoisotopic (exact) mass is 271 g/mol.